The molecule has 6 nitrogen and oxygen atoms in total. The van der Waals surface area contributed by atoms with E-state index in [0.717, 1.165) is 6.54 Å². The molecule has 0 bridgehead atoms. The number of rotatable bonds is 3. The molecule has 0 N–H and O–H groups in total. The Balaban J connectivity index is 2.37. The molecule has 1 fully saturated rings. The van der Waals surface area contributed by atoms with E-state index in [1.807, 2.05) is 0 Å². The van der Waals surface area contributed by atoms with Crippen molar-refractivity contribution in [1.29, 1.82) is 0 Å². The average Bonchev–Trinajstić information content (AvgIpc) is 2.63. The molecule has 1 aliphatic rings. The number of hydrogen-bond acceptors (Lipinski definition) is 4. The van der Waals surface area contributed by atoms with Gasteiger partial charge in [0, 0.05) is 32.2 Å². The van der Waals surface area contributed by atoms with Gasteiger partial charge in [-0.3, -0.25) is 9.58 Å². The Labute approximate surface area is 131 Å². The summed E-state index contributed by atoms with van der Waals surface area (Å²) in [5.41, 5.74) is 0.445. The van der Waals surface area contributed by atoms with Gasteiger partial charge in [0.15, 0.2) is 0 Å². The second kappa shape index (κ2) is 5.87. The first-order chi connectivity index (χ1) is 9.70. The van der Waals surface area contributed by atoms with Gasteiger partial charge >= 0.3 is 0 Å². The fraction of sp³-hybridized carbons (Fsp3) is 0.769. The van der Waals surface area contributed by atoms with Crippen LogP contribution in [0.3, 0.4) is 0 Å². The minimum atomic E-state index is -3.61. The van der Waals surface area contributed by atoms with Gasteiger partial charge in [0.1, 0.15) is 10.0 Å². The summed E-state index contributed by atoms with van der Waals surface area (Å²) in [6.45, 7) is 9.76. The van der Waals surface area contributed by atoms with Gasteiger partial charge in [0.25, 0.3) is 0 Å². The minimum Gasteiger partial charge on any atom is -0.296 e. The molecule has 0 aromatic carbocycles. The van der Waals surface area contributed by atoms with E-state index in [4.69, 9.17) is 11.6 Å². The lowest BCUT2D eigenvalue weighted by atomic mass is 10.1. The highest BCUT2D eigenvalue weighted by molar-refractivity contribution is 7.89. The summed E-state index contributed by atoms with van der Waals surface area (Å²) in [5, 5.41) is 4.28. The van der Waals surface area contributed by atoms with Crippen LogP contribution < -0.4 is 0 Å². The zero-order chi connectivity index (χ0) is 15.9. The van der Waals surface area contributed by atoms with Crippen LogP contribution in [0.15, 0.2) is 4.90 Å². The fourth-order valence-electron chi connectivity index (χ4n) is 3.16. The molecular weight excluding hydrogens is 312 g/mol. The van der Waals surface area contributed by atoms with Crippen molar-refractivity contribution in [2.24, 2.45) is 7.05 Å². The molecule has 8 heteroatoms. The van der Waals surface area contributed by atoms with Crippen molar-refractivity contribution >= 4 is 21.6 Å². The molecule has 2 heterocycles. The van der Waals surface area contributed by atoms with Crippen LogP contribution >= 0.6 is 11.6 Å². The van der Waals surface area contributed by atoms with Crippen molar-refractivity contribution in [3.05, 3.63) is 10.8 Å². The van der Waals surface area contributed by atoms with Gasteiger partial charge < -0.3 is 0 Å². The normalized spacial score (nSPS) is 25.4. The first-order valence-electron chi connectivity index (χ1n) is 7.15. The molecule has 2 rings (SSSR count). The lowest BCUT2D eigenvalue weighted by Gasteiger charge is -2.43. The Morgan fingerprint density at radius 2 is 1.81 bits per heavy atom. The number of sulfonamides is 1. The van der Waals surface area contributed by atoms with Gasteiger partial charge in [-0.1, -0.05) is 18.5 Å². The highest BCUT2D eigenvalue weighted by atomic mass is 35.5. The Morgan fingerprint density at radius 1 is 1.29 bits per heavy atom. The number of piperazine rings is 1. The van der Waals surface area contributed by atoms with Crippen LogP contribution in [0, 0.1) is 6.92 Å². The summed E-state index contributed by atoms with van der Waals surface area (Å²) in [7, 11) is -1.96. The monoisotopic (exact) mass is 334 g/mol. The predicted molar refractivity (Wildman–Crippen MR) is 83.0 cm³/mol. The van der Waals surface area contributed by atoms with Crippen molar-refractivity contribution in [2.45, 2.75) is 44.7 Å². The quantitative estimate of drug-likeness (QED) is 0.840. The zero-order valence-electron chi connectivity index (χ0n) is 13.2. The maximum Gasteiger partial charge on any atom is 0.248 e. The van der Waals surface area contributed by atoms with Crippen molar-refractivity contribution in [2.75, 3.05) is 19.6 Å². The summed E-state index contributed by atoms with van der Waals surface area (Å²) >= 11 is 6.13. The third-order valence-corrected chi connectivity index (χ3v) is 6.66. The number of likely N-dealkylation sites (N-methyl/N-ethyl adjacent to an activating group) is 1. The van der Waals surface area contributed by atoms with E-state index in [0.29, 0.717) is 18.8 Å². The van der Waals surface area contributed by atoms with E-state index in [1.54, 1.807) is 14.0 Å². The molecule has 0 unspecified atom stereocenters. The van der Waals surface area contributed by atoms with E-state index >= 15 is 0 Å². The van der Waals surface area contributed by atoms with Crippen molar-refractivity contribution in [1.82, 2.24) is 19.0 Å². The van der Waals surface area contributed by atoms with Gasteiger partial charge in [-0.05, 0) is 27.3 Å². The molecule has 1 aliphatic heterocycles. The van der Waals surface area contributed by atoms with Gasteiger partial charge in [0.05, 0.1) is 5.69 Å². The van der Waals surface area contributed by atoms with Crippen LogP contribution in [-0.2, 0) is 17.1 Å². The van der Waals surface area contributed by atoms with Gasteiger partial charge in [-0.25, -0.2) is 8.42 Å². The van der Waals surface area contributed by atoms with Crippen molar-refractivity contribution in [3.63, 3.8) is 0 Å². The Hall–Kier alpha value is -0.630. The Kier molecular flexibility index (Phi) is 4.68. The second-order valence-electron chi connectivity index (χ2n) is 5.68. The number of hydrogen-bond donors (Lipinski definition) is 0. The van der Waals surface area contributed by atoms with E-state index < -0.39 is 10.0 Å². The largest absolute Gasteiger partial charge is 0.296 e. The standard InChI is InChI=1S/C13H23ClN4O2S/c1-6-18-9(2)7-17(8-10(18)3)21(19,20)12-11(4)15-16(5)13(12)14/h9-10H,6-8H2,1-5H3/t9-,10+. The van der Waals surface area contributed by atoms with Crippen LogP contribution in [0.25, 0.3) is 0 Å². The van der Waals surface area contributed by atoms with Gasteiger partial charge in [-0.2, -0.15) is 9.40 Å². The molecule has 1 aromatic heterocycles. The Morgan fingerprint density at radius 3 is 2.19 bits per heavy atom. The highest BCUT2D eigenvalue weighted by Crippen LogP contribution is 2.29. The first kappa shape index (κ1) is 16.7. The third-order valence-electron chi connectivity index (χ3n) is 4.13. The molecule has 2 atom stereocenters. The average molecular weight is 335 g/mol. The molecule has 0 saturated carbocycles. The second-order valence-corrected chi connectivity index (χ2v) is 7.91. The minimum absolute atomic E-state index is 0.135. The summed E-state index contributed by atoms with van der Waals surface area (Å²) in [5.74, 6) is 0. The zero-order valence-corrected chi connectivity index (χ0v) is 14.7. The highest BCUT2D eigenvalue weighted by Gasteiger charge is 2.38. The number of halogens is 1. The topological polar surface area (TPSA) is 58.4 Å². The third kappa shape index (κ3) is 2.84. The maximum atomic E-state index is 12.9. The van der Waals surface area contributed by atoms with Crippen molar-refractivity contribution in [3.8, 4) is 0 Å². The van der Waals surface area contributed by atoms with E-state index in [1.165, 1.54) is 8.99 Å². The van der Waals surface area contributed by atoms with E-state index in [9.17, 15) is 8.42 Å². The van der Waals surface area contributed by atoms with Crippen LogP contribution in [0.1, 0.15) is 26.5 Å². The smallest absolute Gasteiger partial charge is 0.248 e. The number of nitrogens with zero attached hydrogens (tertiary/aromatic N) is 4. The summed E-state index contributed by atoms with van der Waals surface area (Å²) in [6.07, 6.45) is 0. The van der Waals surface area contributed by atoms with E-state index in [2.05, 4.69) is 30.8 Å². The first-order valence-corrected chi connectivity index (χ1v) is 8.96. The fourth-order valence-corrected chi connectivity index (χ4v) is 5.47. The van der Waals surface area contributed by atoms with E-state index in [-0.39, 0.29) is 22.1 Å². The van der Waals surface area contributed by atoms with Crippen LogP contribution in [-0.4, -0.2) is 59.1 Å². The summed E-state index contributed by atoms with van der Waals surface area (Å²) < 4.78 is 28.7. The Bertz CT molecular complexity index is 616. The van der Waals surface area contributed by atoms with Crippen LogP contribution in [0.2, 0.25) is 5.15 Å². The molecule has 0 aliphatic carbocycles. The van der Waals surface area contributed by atoms with Gasteiger partial charge in [0.2, 0.25) is 10.0 Å². The molecule has 120 valence electrons. The maximum absolute atomic E-state index is 12.9. The molecule has 0 amide bonds. The SMILES string of the molecule is CCN1[C@H](C)CN(S(=O)(=O)c2c(C)nn(C)c2Cl)C[C@@H]1C. The molecule has 1 saturated heterocycles. The number of aryl methyl sites for hydroxylation is 2. The van der Waals surface area contributed by atoms with Gasteiger partial charge in [-0.15, -0.1) is 0 Å². The predicted octanol–water partition coefficient (Wildman–Crippen LogP) is 1.49. The summed E-state index contributed by atoms with van der Waals surface area (Å²) in [6, 6.07) is 0.369. The number of aromatic nitrogens is 2. The lowest BCUT2D eigenvalue weighted by molar-refractivity contribution is 0.0829. The molecule has 1 aromatic rings. The molecule has 0 radical (unpaired) electrons. The molecular formula is C13H23ClN4O2S. The van der Waals surface area contributed by atoms with Crippen molar-refractivity contribution < 1.29 is 8.42 Å². The molecule has 0 spiro atoms. The molecule has 21 heavy (non-hydrogen) atoms. The van der Waals surface area contributed by atoms with Crippen LogP contribution in [0.4, 0.5) is 0 Å². The summed E-state index contributed by atoms with van der Waals surface area (Å²) in [4.78, 5) is 2.44. The lowest BCUT2D eigenvalue weighted by Crippen LogP contribution is -2.57. The van der Waals surface area contributed by atoms with Crippen LogP contribution in [0.5, 0.6) is 0 Å².